The van der Waals surface area contributed by atoms with Crippen LogP contribution in [-0.2, 0) is 13.5 Å². The van der Waals surface area contributed by atoms with Gasteiger partial charge in [0.25, 0.3) is 0 Å². The number of aryl methyl sites for hydroxylation is 1. The van der Waals surface area contributed by atoms with Crippen LogP contribution in [0.15, 0.2) is 30.6 Å². The van der Waals surface area contributed by atoms with Gasteiger partial charge < -0.3 is 5.32 Å². The van der Waals surface area contributed by atoms with Crippen LogP contribution in [0.4, 0.5) is 0 Å². The molecule has 2 rings (SSSR count). The van der Waals surface area contributed by atoms with Crippen LogP contribution in [0.25, 0.3) is 0 Å². The molecule has 0 aliphatic heterocycles. The highest BCUT2D eigenvalue weighted by atomic mass is 35.5. The molecular weight excluding hydrogens is 236 g/mol. The smallest absolute Gasteiger partial charge is 0.0762 e. The molecule has 4 nitrogen and oxygen atoms in total. The average molecular weight is 251 g/mol. The zero-order chi connectivity index (χ0) is 12.3. The van der Waals surface area contributed by atoms with E-state index in [0.717, 1.165) is 17.8 Å². The van der Waals surface area contributed by atoms with Crippen molar-refractivity contribution in [3.8, 4) is 0 Å². The standard InChI is InChI=1S/C12H15ClN4/c1-14-11(8-9-5-7-17(2)16-9)12-10(13)4-3-6-15-12/h3-7,11,14H,8H2,1-2H3. The van der Waals surface area contributed by atoms with Crippen molar-refractivity contribution in [3.05, 3.63) is 47.0 Å². The highest BCUT2D eigenvalue weighted by molar-refractivity contribution is 6.31. The van der Waals surface area contributed by atoms with Gasteiger partial charge >= 0.3 is 0 Å². The fraction of sp³-hybridized carbons (Fsp3) is 0.333. The van der Waals surface area contributed by atoms with Crippen molar-refractivity contribution in [2.75, 3.05) is 7.05 Å². The van der Waals surface area contributed by atoms with Crippen LogP contribution in [-0.4, -0.2) is 21.8 Å². The lowest BCUT2D eigenvalue weighted by Gasteiger charge is -2.15. The van der Waals surface area contributed by atoms with E-state index in [4.69, 9.17) is 11.6 Å². The number of hydrogen-bond acceptors (Lipinski definition) is 3. The summed E-state index contributed by atoms with van der Waals surface area (Å²) in [5, 5.41) is 8.26. The minimum Gasteiger partial charge on any atom is -0.311 e. The van der Waals surface area contributed by atoms with Gasteiger partial charge in [-0.1, -0.05) is 11.6 Å². The minimum atomic E-state index is 0.0820. The molecule has 0 aliphatic rings. The van der Waals surface area contributed by atoms with Crippen LogP contribution in [0.5, 0.6) is 0 Å². The third-order valence-corrected chi connectivity index (χ3v) is 2.97. The average Bonchev–Trinajstić information content (AvgIpc) is 2.73. The number of rotatable bonds is 4. The van der Waals surface area contributed by atoms with Crippen molar-refractivity contribution in [1.82, 2.24) is 20.1 Å². The zero-order valence-electron chi connectivity index (χ0n) is 9.89. The van der Waals surface area contributed by atoms with Gasteiger partial charge in [0.05, 0.1) is 22.5 Å². The summed E-state index contributed by atoms with van der Waals surface area (Å²) in [4.78, 5) is 4.32. The first-order valence-corrected chi connectivity index (χ1v) is 5.84. The molecule has 90 valence electrons. The van der Waals surface area contributed by atoms with Gasteiger partial charge in [0, 0.05) is 25.9 Å². The third-order valence-electron chi connectivity index (χ3n) is 2.65. The Bertz CT molecular complexity index is 495. The maximum atomic E-state index is 6.14. The summed E-state index contributed by atoms with van der Waals surface area (Å²) >= 11 is 6.14. The third kappa shape index (κ3) is 2.84. The zero-order valence-corrected chi connectivity index (χ0v) is 10.6. The number of nitrogens with one attached hydrogen (secondary N) is 1. The van der Waals surface area contributed by atoms with Crippen molar-refractivity contribution < 1.29 is 0 Å². The highest BCUT2D eigenvalue weighted by Gasteiger charge is 2.15. The molecule has 0 aromatic carbocycles. The van der Waals surface area contributed by atoms with Gasteiger partial charge in [0.15, 0.2) is 0 Å². The lowest BCUT2D eigenvalue weighted by atomic mass is 10.1. The van der Waals surface area contributed by atoms with Gasteiger partial charge in [-0.2, -0.15) is 5.10 Å². The molecule has 0 amide bonds. The summed E-state index contributed by atoms with van der Waals surface area (Å²) in [5.74, 6) is 0. The Balaban J connectivity index is 2.20. The molecule has 0 saturated heterocycles. The molecule has 5 heteroatoms. The van der Waals surface area contributed by atoms with Crippen LogP contribution in [0.2, 0.25) is 5.02 Å². The molecule has 0 spiro atoms. The maximum absolute atomic E-state index is 6.14. The molecule has 1 atom stereocenters. The van der Waals surface area contributed by atoms with E-state index >= 15 is 0 Å². The molecule has 0 radical (unpaired) electrons. The van der Waals surface area contributed by atoms with E-state index in [1.807, 2.05) is 38.5 Å². The number of halogens is 1. The van der Waals surface area contributed by atoms with Crippen molar-refractivity contribution in [1.29, 1.82) is 0 Å². The summed E-state index contributed by atoms with van der Waals surface area (Å²) < 4.78 is 1.79. The molecule has 0 aliphatic carbocycles. The normalized spacial score (nSPS) is 12.6. The van der Waals surface area contributed by atoms with Gasteiger partial charge in [-0.25, -0.2) is 0 Å². The van der Waals surface area contributed by atoms with Crippen molar-refractivity contribution >= 4 is 11.6 Å². The van der Waals surface area contributed by atoms with Crippen molar-refractivity contribution in [2.45, 2.75) is 12.5 Å². The van der Waals surface area contributed by atoms with E-state index < -0.39 is 0 Å². The van der Waals surface area contributed by atoms with E-state index in [9.17, 15) is 0 Å². The summed E-state index contributed by atoms with van der Waals surface area (Å²) in [6.07, 6.45) is 4.46. The van der Waals surface area contributed by atoms with Crippen LogP contribution in [0.3, 0.4) is 0 Å². The molecule has 2 aromatic heterocycles. The molecular formula is C12H15ClN4. The molecule has 2 heterocycles. The number of nitrogens with zero attached hydrogens (tertiary/aromatic N) is 3. The van der Waals surface area contributed by atoms with Crippen LogP contribution in [0, 0.1) is 0 Å². The lowest BCUT2D eigenvalue weighted by molar-refractivity contribution is 0.563. The van der Waals surface area contributed by atoms with Gasteiger partial charge in [-0.05, 0) is 25.2 Å². The van der Waals surface area contributed by atoms with Gasteiger partial charge in [0.2, 0.25) is 0 Å². The first kappa shape index (κ1) is 12.1. The Hall–Kier alpha value is -1.39. The quantitative estimate of drug-likeness (QED) is 0.902. The number of hydrogen-bond donors (Lipinski definition) is 1. The highest BCUT2D eigenvalue weighted by Crippen LogP contribution is 2.22. The van der Waals surface area contributed by atoms with Crippen molar-refractivity contribution in [2.24, 2.45) is 7.05 Å². The Labute approximate surface area is 106 Å². The van der Waals surface area contributed by atoms with E-state index in [1.54, 1.807) is 10.9 Å². The Morgan fingerprint density at radius 1 is 1.47 bits per heavy atom. The summed E-state index contributed by atoms with van der Waals surface area (Å²) in [5.41, 5.74) is 1.89. The predicted octanol–water partition coefficient (Wildman–Crippen LogP) is 1.97. The Morgan fingerprint density at radius 3 is 2.88 bits per heavy atom. The predicted molar refractivity (Wildman–Crippen MR) is 68.0 cm³/mol. The first-order valence-electron chi connectivity index (χ1n) is 5.47. The largest absolute Gasteiger partial charge is 0.311 e. The molecule has 17 heavy (non-hydrogen) atoms. The molecule has 2 aromatic rings. The fourth-order valence-corrected chi connectivity index (χ4v) is 2.02. The first-order chi connectivity index (χ1) is 8.20. The monoisotopic (exact) mass is 250 g/mol. The van der Waals surface area contributed by atoms with Crippen LogP contribution in [0.1, 0.15) is 17.4 Å². The SMILES string of the molecule is CNC(Cc1ccn(C)n1)c1ncccc1Cl. The lowest BCUT2D eigenvalue weighted by Crippen LogP contribution is -2.20. The molecule has 0 saturated carbocycles. The minimum absolute atomic E-state index is 0.0820. The second-order valence-electron chi connectivity index (χ2n) is 3.90. The summed E-state index contributed by atoms with van der Waals surface area (Å²) in [7, 11) is 3.81. The van der Waals surface area contributed by atoms with Crippen LogP contribution < -0.4 is 5.32 Å². The molecule has 1 unspecified atom stereocenters. The van der Waals surface area contributed by atoms with E-state index in [1.165, 1.54) is 0 Å². The van der Waals surface area contributed by atoms with Crippen molar-refractivity contribution in [3.63, 3.8) is 0 Å². The van der Waals surface area contributed by atoms with E-state index in [-0.39, 0.29) is 6.04 Å². The number of likely N-dealkylation sites (N-methyl/N-ethyl adjacent to an activating group) is 1. The van der Waals surface area contributed by atoms with E-state index in [0.29, 0.717) is 5.02 Å². The fourth-order valence-electron chi connectivity index (χ4n) is 1.77. The van der Waals surface area contributed by atoms with E-state index in [2.05, 4.69) is 15.4 Å². The number of pyridine rings is 1. The molecule has 0 fully saturated rings. The summed E-state index contributed by atoms with van der Waals surface area (Å²) in [6, 6.07) is 5.77. The van der Waals surface area contributed by atoms with Gasteiger partial charge in [-0.3, -0.25) is 9.67 Å². The molecule has 1 N–H and O–H groups in total. The van der Waals surface area contributed by atoms with Crippen LogP contribution >= 0.6 is 11.6 Å². The second-order valence-corrected chi connectivity index (χ2v) is 4.30. The van der Waals surface area contributed by atoms with Gasteiger partial charge in [0.1, 0.15) is 0 Å². The Kier molecular flexibility index (Phi) is 3.76. The molecule has 0 bridgehead atoms. The maximum Gasteiger partial charge on any atom is 0.0762 e. The summed E-state index contributed by atoms with van der Waals surface area (Å²) in [6.45, 7) is 0. The number of aromatic nitrogens is 3. The van der Waals surface area contributed by atoms with Gasteiger partial charge in [-0.15, -0.1) is 0 Å². The topological polar surface area (TPSA) is 42.7 Å². The second kappa shape index (κ2) is 5.29. The Morgan fingerprint density at radius 2 is 2.29 bits per heavy atom.